The molecule has 0 aliphatic rings. The van der Waals surface area contributed by atoms with Gasteiger partial charge in [0.1, 0.15) is 0 Å². The van der Waals surface area contributed by atoms with E-state index in [0.717, 1.165) is 22.8 Å². The number of carbonyl (C=O) groups excluding carboxylic acids is 1. The molecule has 25 heavy (non-hydrogen) atoms. The van der Waals surface area contributed by atoms with Crippen LogP contribution in [0.4, 0.5) is 0 Å². The molecule has 0 radical (unpaired) electrons. The van der Waals surface area contributed by atoms with Crippen molar-refractivity contribution in [3.05, 3.63) is 75.6 Å². The standard InChI is InChI=1S/C18H19N5O2/c1-12-15(13(2)23(22-12)16-5-3-4-9-19-16)8-10-20-18(25)14-6-7-17(24)21-11-14/h3-7,9,11H,8,10H2,1-2H3,(H,20,25)(H,21,24). The molecule has 0 atom stereocenters. The van der Waals surface area contributed by atoms with Crippen molar-refractivity contribution in [2.75, 3.05) is 6.54 Å². The molecule has 7 heteroatoms. The highest BCUT2D eigenvalue weighted by atomic mass is 16.1. The third kappa shape index (κ3) is 3.65. The van der Waals surface area contributed by atoms with Gasteiger partial charge in [-0.15, -0.1) is 0 Å². The van der Waals surface area contributed by atoms with Crippen LogP contribution in [-0.2, 0) is 6.42 Å². The molecule has 0 saturated heterocycles. The molecule has 0 unspecified atom stereocenters. The Morgan fingerprint density at radius 3 is 2.76 bits per heavy atom. The second-order valence-corrected chi connectivity index (χ2v) is 5.70. The zero-order valence-corrected chi connectivity index (χ0v) is 14.1. The molecule has 0 aliphatic carbocycles. The van der Waals surface area contributed by atoms with Crippen LogP contribution in [0.2, 0.25) is 0 Å². The fourth-order valence-corrected chi connectivity index (χ4v) is 2.69. The van der Waals surface area contributed by atoms with Crippen LogP contribution in [0.1, 0.15) is 27.3 Å². The van der Waals surface area contributed by atoms with Gasteiger partial charge in [0.15, 0.2) is 5.82 Å². The van der Waals surface area contributed by atoms with Crippen molar-refractivity contribution >= 4 is 5.91 Å². The first kappa shape index (κ1) is 16.6. The smallest absolute Gasteiger partial charge is 0.252 e. The summed E-state index contributed by atoms with van der Waals surface area (Å²) in [4.78, 5) is 29.9. The summed E-state index contributed by atoms with van der Waals surface area (Å²) in [5.74, 6) is 0.551. The number of nitrogens with zero attached hydrogens (tertiary/aromatic N) is 3. The van der Waals surface area contributed by atoms with Gasteiger partial charge in [-0.3, -0.25) is 9.59 Å². The van der Waals surface area contributed by atoms with E-state index in [1.54, 1.807) is 6.20 Å². The second kappa shape index (κ2) is 7.12. The first-order chi connectivity index (χ1) is 12.1. The van der Waals surface area contributed by atoms with Gasteiger partial charge in [0.05, 0.1) is 11.3 Å². The van der Waals surface area contributed by atoms with Gasteiger partial charge < -0.3 is 10.3 Å². The van der Waals surface area contributed by atoms with E-state index in [1.807, 2.05) is 36.7 Å². The minimum absolute atomic E-state index is 0.219. The van der Waals surface area contributed by atoms with Crippen LogP contribution in [0.15, 0.2) is 47.5 Å². The van der Waals surface area contributed by atoms with Gasteiger partial charge in [0.2, 0.25) is 5.56 Å². The Morgan fingerprint density at radius 1 is 1.24 bits per heavy atom. The van der Waals surface area contributed by atoms with Crippen LogP contribution in [-0.4, -0.2) is 32.2 Å². The maximum absolute atomic E-state index is 12.1. The fourth-order valence-electron chi connectivity index (χ4n) is 2.69. The van der Waals surface area contributed by atoms with E-state index in [2.05, 4.69) is 20.4 Å². The van der Waals surface area contributed by atoms with Crippen molar-refractivity contribution in [2.45, 2.75) is 20.3 Å². The van der Waals surface area contributed by atoms with Crippen molar-refractivity contribution < 1.29 is 4.79 Å². The highest BCUT2D eigenvalue weighted by Gasteiger charge is 2.13. The summed E-state index contributed by atoms with van der Waals surface area (Å²) in [6, 6.07) is 8.52. The molecule has 3 aromatic heterocycles. The van der Waals surface area contributed by atoms with E-state index in [4.69, 9.17) is 0 Å². The van der Waals surface area contributed by atoms with Crippen LogP contribution in [0.5, 0.6) is 0 Å². The molecule has 0 aromatic carbocycles. The Bertz CT molecular complexity index is 923. The number of rotatable bonds is 5. The lowest BCUT2D eigenvalue weighted by Gasteiger charge is -2.06. The molecule has 0 spiro atoms. The maximum atomic E-state index is 12.1. The molecule has 0 fully saturated rings. The predicted octanol–water partition coefficient (Wildman–Crippen LogP) is 1.54. The second-order valence-electron chi connectivity index (χ2n) is 5.70. The molecule has 128 valence electrons. The minimum atomic E-state index is -0.232. The number of hydrogen-bond acceptors (Lipinski definition) is 4. The minimum Gasteiger partial charge on any atom is -0.352 e. The van der Waals surface area contributed by atoms with E-state index < -0.39 is 0 Å². The third-order valence-electron chi connectivity index (χ3n) is 4.01. The topological polar surface area (TPSA) is 92.7 Å². The SMILES string of the molecule is Cc1nn(-c2ccccn2)c(C)c1CCNC(=O)c1ccc(=O)[nH]c1. The molecule has 0 bridgehead atoms. The zero-order valence-electron chi connectivity index (χ0n) is 14.1. The molecule has 3 rings (SSSR count). The van der Waals surface area contributed by atoms with Crippen molar-refractivity contribution in [3.63, 3.8) is 0 Å². The predicted molar refractivity (Wildman–Crippen MR) is 93.9 cm³/mol. The normalized spacial score (nSPS) is 10.6. The fraction of sp³-hybridized carbons (Fsp3) is 0.222. The molecular weight excluding hydrogens is 318 g/mol. The molecule has 2 N–H and O–H groups in total. The van der Waals surface area contributed by atoms with Crippen molar-refractivity contribution in [3.8, 4) is 5.82 Å². The van der Waals surface area contributed by atoms with Gasteiger partial charge in [-0.1, -0.05) is 6.07 Å². The van der Waals surface area contributed by atoms with Crippen molar-refractivity contribution in [2.24, 2.45) is 0 Å². The Balaban J connectivity index is 1.67. The van der Waals surface area contributed by atoms with Gasteiger partial charge >= 0.3 is 0 Å². The van der Waals surface area contributed by atoms with Gasteiger partial charge in [-0.25, -0.2) is 9.67 Å². The number of pyridine rings is 2. The van der Waals surface area contributed by atoms with Crippen LogP contribution >= 0.6 is 0 Å². The number of H-pyrrole nitrogens is 1. The molecular formula is C18H19N5O2. The molecule has 1 amide bonds. The Labute approximate surface area is 144 Å². The number of amides is 1. The molecule has 0 saturated carbocycles. The van der Waals surface area contributed by atoms with Gasteiger partial charge in [0.25, 0.3) is 5.91 Å². The first-order valence-corrected chi connectivity index (χ1v) is 7.99. The number of aromatic nitrogens is 4. The average Bonchev–Trinajstić information content (AvgIpc) is 2.91. The van der Waals surface area contributed by atoms with Gasteiger partial charge in [-0.05, 0) is 44.0 Å². The average molecular weight is 337 g/mol. The van der Waals surface area contributed by atoms with Crippen molar-refractivity contribution in [1.82, 2.24) is 25.1 Å². The molecule has 7 nitrogen and oxygen atoms in total. The quantitative estimate of drug-likeness (QED) is 0.739. The number of aromatic amines is 1. The number of aryl methyl sites for hydroxylation is 1. The Morgan fingerprint density at radius 2 is 2.08 bits per heavy atom. The lowest BCUT2D eigenvalue weighted by atomic mass is 10.1. The highest BCUT2D eigenvalue weighted by Crippen LogP contribution is 2.16. The molecule has 3 heterocycles. The van der Waals surface area contributed by atoms with Crippen LogP contribution in [0.3, 0.4) is 0 Å². The Hall–Kier alpha value is -3.22. The third-order valence-corrected chi connectivity index (χ3v) is 4.01. The van der Waals surface area contributed by atoms with Gasteiger partial charge in [0, 0.05) is 30.7 Å². The summed E-state index contributed by atoms with van der Waals surface area (Å²) in [6.45, 7) is 4.42. The Kier molecular flexibility index (Phi) is 4.74. The van der Waals surface area contributed by atoms with E-state index in [0.29, 0.717) is 18.5 Å². The lowest BCUT2D eigenvalue weighted by molar-refractivity contribution is 0.0953. The van der Waals surface area contributed by atoms with Gasteiger partial charge in [-0.2, -0.15) is 5.10 Å². The summed E-state index contributed by atoms with van der Waals surface area (Å²) >= 11 is 0. The van der Waals surface area contributed by atoms with E-state index in [1.165, 1.54) is 18.3 Å². The summed E-state index contributed by atoms with van der Waals surface area (Å²) < 4.78 is 1.81. The summed E-state index contributed by atoms with van der Waals surface area (Å²) in [6.07, 6.45) is 3.81. The highest BCUT2D eigenvalue weighted by molar-refractivity contribution is 5.93. The lowest BCUT2D eigenvalue weighted by Crippen LogP contribution is -2.26. The van der Waals surface area contributed by atoms with E-state index in [9.17, 15) is 9.59 Å². The monoisotopic (exact) mass is 337 g/mol. The summed E-state index contributed by atoms with van der Waals surface area (Å²) in [7, 11) is 0. The maximum Gasteiger partial charge on any atom is 0.252 e. The molecule has 0 aliphatic heterocycles. The van der Waals surface area contributed by atoms with Crippen molar-refractivity contribution in [1.29, 1.82) is 0 Å². The summed E-state index contributed by atoms with van der Waals surface area (Å²) in [5, 5.41) is 7.40. The number of nitrogens with one attached hydrogen (secondary N) is 2. The van der Waals surface area contributed by atoms with Crippen LogP contribution in [0, 0.1) is 13.8 Å². The van der Waals surface area contributed by atoms with Crippen LogP contribution in [0.25, 0.3) is 5.82 Å². The number of carbonyl (C=O) groups is 1. The molecule has 3 aromatic rings. The largest absolute Gasteiger partial charge is 0.352 e. The van der Waals surface area contributed by atoms with E-state index >= 15 is 0 Å². The first-order valence-electron chi connectivity index (χ1n) is 7.99. The summed E-state index contributed by atoms with van der Waals surface area (Å²) in [5.41, 5.74) is 3.21. The van der Waals surface area contributed by atoms with E-state index in [-0.39, 0.29) is 11.5 Å². The van der Waals surface area contributed by atoms with Crippen LogP contribution < -0.4 is 10.9 Å². The zero-order chi connectivity index (χ0) is 17.8. The number of hydrogen-bond donors (Lipinski definition) is 2.